The molecule has 0 radical (unpaired) electrons. The van der Waals surface area contributed by atoms with E-state index in [1.54, 1.807) is 6.08 Å². The molecule has 1 rings (SSSR count). The Morgan fingerprint density at radius 3 is 2.40 bits per heavy atom. The summed E-state index contributed by atoms with van der Waals surface area (Å²) in [5.41, 5.74) is 5.27. The van der Waals surface area contributed by atoms with Gasteiger partial charge in [0.2, 0.25) is 0 Å². The first-order valence-corrected chi connectivity index (χ1v) is 2.83. The van der Waals surface area contributed by atoms with Crippen molar-refractivity contribution in [1.29, 1.82) is 0 Å². The third kappa shape index (κ3) is 2.85. The van der Waals surface area contributed by atoms with Gasteiger partial charge in [-0.1, -0.05) is 6.08 Å². The van der Waals surface area contributed by atoms with Gasteiger partial charge in [0, 0.05) is 11.6 Å². The van der Waals surface area contributed by atoms with E-state index in [-0.39, 0.29) is 17.9 Å². The Hall–Kier alpha value is -0.540. The van der Waals surface area contributed by atoms with Gasteiger partial charge in [-0.2, -0.15) is 0 Å². The van der Waals surface area contributed by atoms with Gasteiger partial charge in [0.25, 0.3) is 0 Å². The summed E-state index contributed by atoms with van der Waals surface area (Å²) in [6, 6.07) is 0. The zero-order valence-corrected chi connectivity index (χ0v) is 6.23. The summed E-state index contributed by atoms with van der Waals surface area (Å²) in [5.74, 6) is -0.924. The van der Waals surface area contributed by atoms with Crippen LogP contribution in [0, 0.1) is 0 Å². The van der Waals surface area contributed by atoms with E-state index in [9.17, 15) is 4.79 Å². The molecule has 10 heavy (non-hydrogen) atoms. The van der Waals surface area contributed by atoms with Crippen LogP contribution < -0.4 is 5.73 Å². The molecule has 0 bridgehead atoms. The van der Waals surface area contributed by atoms with Crippen LogP contribution in [0.1, 0.15) is 12.8 Å². The Morgan fingerprint density at radius 2 is 2.10 bits per heavy atom. The second-order valence-electron chi connectivity index (χ2n) is 2.40. The van der Waals surface area contributed by atoms with Crippen molar-refractivity contribution >= 4 is 18.4 Å². The van der Waals surface area contributed by atoms with Crippen molar-refractivity contribution in [2.75, 3.05) is 0 Å². The molecule has 0 saturated heterocycles. The Morgan fingerprint density at radius 1 is 1.60 bits per heavy atom. The van der Waals surface area contributed by atoms with Crippen molar-refractivity contribution < 1.29 is 9.90 Å². The second-order valence-corrected chi connectivity index (χ2v) is 2.40. The number of aliphatic carboxylic acids is 1. The lowest BCUT2D eigenvalue weighted by atomic mass is 10.3. The quantitative estimate of drug-likeness (QED) is 0.584. The molecule has 0 unspecified atom stereocenters. The second kappa shape index (κ2) is 3.03. The predicted molar refractivity (Wildman–Crippen MR) is 40.2 cm³/mol. The van der Waals surface area contributed by atoms with Crippen LogP contribution in [0.2, 0.25) is 0 Å². The van der Waals surface area contributed by atoms with Crippen molar-refractivity contribution in [1.82, 2.24) is 0 Å². The Bertz CT molecular complexity index is 163. The molecule has 0 aromatic heterocycles. The molecule has 1 saturated carbocycles. The van der Waals surface area contributed by atoms with Crippen molar-refractivity contribution in [3.05, 3.63) is 12.2 Å². The van der Waals surface area contributed by atoms with Crippen LogP contribution in [-0.2, 0) is 4.79 Å². The molecular formula is C6H10ClNO2. The molecule has 0 aliphatic heterocycles. The Labute approximate surface area is 65.3 Å². The van der Waals surface area contributed by atoms with E-state index >= 15 is 0 Å². The molecule has 58 valence electrons. The van der Waals surface area contributed by atoms with Crippen molar-refractivity contribution in [2.24, 2.45) is 5.73 Å². The third-order valence-electron chi connectivity index (χ3n) is 1.39. The lowest BCUT2D eigenvalue weighted by molar-refractivity contribution is -0.131. The Kier molecular flexibility index (Phi) is 2.87. The largest absolute Gasteiger partial charge is 0.478 e. The molecule has 0 aromatic rings. The summed E-state index contributed by atoms with van der Waals surface area (Å²) in [5, 5.41) is 8.16. The SMILES string of the molecule is Cl.NC1(/C=C/C(=O)O)CC1. The van der Waals surface area contributed by atoms with Gasteiger partial charge < -0.3 is 10.8 Å². The minimum Gasteiger partial charge on any atom is -0.478 e. The molecule has 4 heteroatoms. The first-order valence-electron chi connectivity index (χ1n) is 2.83. The molecule has 0 atom stereocenters. The van der Waals surface area contributed by atoms with E-state index in [4.69, 9.17) is 10.8 Å². The van der Waals surface area contributed by atoms with Crippen LogP contribution >= 0.6 is 12.4 Å². The summed E-state index contributed by atoms with van der Waals surface area (Å²) in [6.07, 6.45) is 4.48. The van der Waals surface area contributed by atoms with Gasteiger partial charge in [-0.3, -0.25) is 0 Å². The normalized spacial score (nSPS) is 20.1. The smallest absolute Gasteiger partial charge is 0.328 e. The van der Waals surface area contributed by atoms with Crippen LogP contribution in [0.15, 0.2) is 12.2 Å². The third-order valence-corrected chi connectivity index (χ3v) is 1.39. The summed E-state index contributed by atoms with van der Waals surface area (Å²) in [7, 11) is 0. The number of carboxylic acid groups (broad SMARTS) is 1. The molecule has 0 heterocycles. The average molecular weight is 164 g/mol. The van der Waals surface area contributed by atoms with Gasteiger partial charge in [0.15, 0.2) is 0 Å². The summed E-state index contributed by atoms with van der Waals surface area (Å²) in [4.78, 5) is 9.93. The molecule has 1 aliphatic rings. The van der Waals surface area contributed by atoms with Crippen LogP contribution in [0.4, 0.5) is 0 Å². The zero-order chi connectivity index (χ0) is 6.91. The molecule has 0 aromatic carbocycles. The predicted octanol–water partition coefficient (Wildman–Crippen LogP) is 0.540. The van der Waals surface area contributed by atoms with Gasteiger partial charge in [-0.15, -0.1) is 12.4 Å². The molecule has 3 N–H and O–H groups in total. The minimum atomic E-state index is -0.924. The molecular weight excluding hydrogens is 154 g/mol. The fraction of sp³-hybridized carbons (Fsp3) is 0.500. The van der Waals surface area contributed by atoms with E-state index in [0.717, 1.165) is 18.9 Å². The van der Waals surface area contributed by atoms with Crippen LogP contribution in [0.3, 0.4) is 0 Å². The fourth-order valence-corrected chi connectivity index (χ4v) is 0.548. The van der Waals surface area contributed by atoms with E-state index in [2.05, 4.69) is 0 Å². The first kappa shape index (κ1) is 9.46. The van der Waals surface area contributed by atoms with Gasteiger partial charge >= 0.3 is 5.97 Å². The van der Waals surface area contributed by atoms with Crippen LogP contribution in [0.25, 0.3) is 0 Å². The van der Waals surface area contributed by atoms with Gasteiger partial charge in [-0.25, -0.2) is 4.79 Å². The monoisotopic (exact) mass is 163 g/mol. The molecule has 1 fully saturated rings. The lowest BCUT2D eigenvalue weighted by Gasteiger charge is -1.95. The number of hydrogen-bond acceptors (Lipinski definition) is 2. The number of halogens is 1. The molecule has 3 nitrogen and oxygen atoms in total. The number of hydrogen-bond donors (Lipinski definition) is 2. The molecule has 0 amide bonds. The minimum absolute atomic E-state index is 0. The zero-order valence-electron chi connectivity index (χ0n) is 5.41. The maximum atomic E-state index is 9.93. The average Bonchev–Trinajstić information content (AvgIpc) is 2.45. The molecule has 1 aliphatic carbocycles. The summed E-state index contributed by atoms with van der Waals surface area (Å²) in [6.45, 7) is 0. The number of carbonyl (C=O) groups is 1. The highest BCUT2D eigenvalue weighted by molar-refractivity contribution is 5.85. The van der Waals surface area contributed by atoms with E-state index in [1.165, 1.54) is 0 Å². The van der Waals surface area contributed by atoms with Crippen LogP contribution in [-0.4, -0.2) is 16.6 Å². The highest BCUT2D eigenvalue weighted by atomic mass is 35.5. The van der Waals surface area contributed by atoms with E-state index in [0.29, 0.717) is 0 Å². The lowest BCUT2D eigenvalue weighted by Crippen LogP contribution is -2.17. The number of carboxylic acids is 1. The first-order chi connectivity index (χ1) is 4.12. The van der Waals surface area contributed by atoms with Crippen molar-refractivity contribution in [3.8, 4) is 0 Å². The summed E-state index contributed by atoms with van der Waals surface area (Å²) >= 11 is 0. The highest BCUT2D eigenvalue weighted by Gasteiger charge is 2.35. The van der Waals surface area contributed by atoms with Gasteiger partial charge in [0.1, 0.15) is 0 Å². The summed E-state index contributed by atoms with van der Waals surface area (Å²) < 4.78 is 0. The maximum absolute atomic E-state index is 9.93. The Balaban J connectivity index is 0.000000810. The molecule has 0 spiro atoms. The van der Waals surface area contributed by atoms with E-state index < -0.39 is 5.97 Å². The van der Waals surface area contributed by atoms with Crippen LogP contribution in [0.5, 0.6) is 0 Å². The van der Waals surface area contributed by atoms with Crippen molar-refractivity contribution in [3.63, 3.8) is 0 Å². The van der Waals surface area contributed by atoms with Gasteiger partial charge in [0.05, 0.1) is 0 Å². The topological polar surface area (TPSA) is 63.3 Å². The fourth-order valence-electron chi connectivity index (χ4n) is 0.548. The maximum Gasteiger partial charge on any atom is 0.328 e. The van der Waals surface area contributed by atoms with Crippen molar-refractivity contribution in [2.45, 2.75) is 18.4 Å². The number of nitrogens with two attached hydrogens (primary N) is 1. The van der Waals surface area contributed by atoms with Gasteiger partial charge in [-0.05, 0) is 12.8 Å². The number of rotatable bonds is 2. The highest BCUT2D eigenvalue weighted by Crippen LogP contribution is 2.33. The standard InChI is InChI=1S/C6H9NO2.ClH/c7-6(3-4-6)2-1-5(8)9;/h1-2H,3-4,7H2,(H,8,9);1H/b2-1+;. The van der Waals surface area contributed by atoms with E-state index in [1.807, 2.05) is 0 Å².